The average molecular weight is 408 g/mol. The van der Waals surface area contributed by atoms with Crippen molar-refractivity contribution in [3.63, 3.8) is 0 Å². The number of carbonyl (C=O) groups excluding carboxylic acids is 1. The standard InChI is InChI=1S/C17H20N4O6S/c1-25-15-10-12-13(11-16(15)26-2)18-5-4-14(12)20-6-3-7-21(9-8-20)27-17(22)19-28(23)24/h4-5,10-11H,3,6-9H2,1-2H3. The lowest BCUT2D eigenvalue weighted by Gasteiger charge is -2.24. The predicted octanol–water partition coefficient (Wildman–Crippen LogP) is 1.88. The first-order chi connectivity index (χ1) is 13.5. The van der Waals surface area contributed by atoms with Crippen LogP contribution in [0.1, 0.15) is 6.42 Å². The van der Waals surface area contributed by atoms with Gasteiger partial charge in [0, 0.05) is 43.0 Å². The Morgan fingerprint density at radius 2 is 1.86 bits per heavy atom. The van der Waals surface area contributed by atoms with E-state index >= 15 is 0 Å². The molecule has 0 unspecified atom stereocenters. The Hall–Kier alpha value is -2.92. The minimum atomic E-state index is -2.83. The van der Waals surface area contributed by atoms with Gasteiger partial charge in [0.2, 0.25) is 0 Å². The molecule has 1 fully saturated rings. The van der Waals surface area contributed by atoms with Crippen LogP contribution in [0.25, 0.3) is 10.9 Å². The number of benzene rings is 1. The van der Waals surface area contributed by atoms with E-state index in [0.717, 1.165) is 23.1 Å². The second kappa shape index (κ2) is 8.85. The third kappa shape index (κ3) is 4.49. The first-order valence-corrected chi connectivity index (χ1v) is 9.58. The molecule has 1 amide bonds. The molecule has 3 rings (SSSR count). The summed E-state index contributed by atoms with van der Waals surface area (Å²) in [5.41, 5.74) is 1.75. The van der Waals surface area contributed by atoms with Gasteiger partial charge >= 0.3 is 16.6 Å². The summed E-state index contributed by atoms with van der Waals surface area (Å²) in [4.78, 5) is 23.0. The smallest absolute Gasteiger partial charge is 0.467 e. The molecule has 2 heterocycles. The van der Waals surface area contributed by atoms with E-state index in [4.69, 9.17) is 14.3 Å². The molecular formula is C17H20N4O6S. The van der Waals surface area contributed by atoms with E-state index in [-0.39, 0.29) is 0 Å². The number of hydroxylamine groups is 2. The highest BCUT2D eigenvalue weighted by Crippen LogP contribution is 2.35. The molecule has 28 heavy (non-hydrogen) atoms. The van der Waals surface area contributed by atoms with Crippen LogP contribution < -0.4 is 14.4 Å². The summed E-state index contributed by atoms with van der Waals surface area (Å²) in [6.07, 6.45) is 1.30. The Morgan fingerprint density at radius 1 is 1.11 bits per heavy atom. The van der Waals surface area contributed by atoms with Crippen LogP contribution in [-0.4, -0.2) is 65.0 Å². The van der Waals surface area contributed by atoms with Crippen molar-refractivity contribution < 1.29 is 27.5 Å². The maximum absolute atomic E-state index is 11.4. The van der Waals surface area contributed by atoms with Gasteiger partial charge in [-0.3, -0.25) is 4.98 Å². The summed E-state index contributed by atoms with van der Waals surface area (Å²) >= 11 is 0. The monoisotopic (exact) mass is 408 g/mol. The first kappa shape index (κ1) is 19.8. The zero-order valence-electron chi connectivity index (χ0n) is 15.5. The molecule has 1 aliphatic rings. The fourth-order valence-corrected chi connectivity index (χ4v) is 3.30. The van der Waals surface area contributed by atoms with E-state index in [1.165, 1.54) is 5.06 Å². The molecule has 0 bridgehead atoms. The maximum Gasteiger partial charge on any atom is 0.467 e. The summed E-state index contributed by atoms with van der Waals surface area (Å²) in [6, 6.07) is 5.64. The van der Waals surface area contributed by atoms with Gasteiger partial charge in [0.25, 0.3) is 0 Å². The van der Waals surface area contributed by atoms with Gasteiger partial charge in [0.05, 0.1) is 26.3 Å². The topological polar surface area (TPSA) is 111 Å². The molecule has 0 atom stereocenters. The van der Waals surface area contributed by atoms with Gasteiger partial charge in [0.1, 0.15) is 0 Å². The molecule has 1 aromatic heterocycles. The van der Waals surface area contributed by atoms with Crippen molar-refractivity contribution in [2.45, 2.75) is 6.42 Å². The molecule has 2 aromatic rings. The Bertz CT molecular complexity index is 1000. The van der Waals surface area contributed by atoms with Gasteiger partial charge in [-0.2, -0.15) is 8.42 Å². The second-order valence-corrected chi connectivity index (χ2v) is 6.61. The van der Waals surface area contributed by atoms with Crippen LogP contribution in [0.3, 0.4) is 0 Å². The average Bonchev–Trinajstić information content (AvgIpc) is 2.91. The van der Waals surface area contributed by atoms with Crippen molar-refractivity contribution in [2.24, 2.45) is 4.36 Å². The first-order valence-electron chi connectivity index (χ1n) is 8.55. The van der Waals surface area contributed by atoms with Crippen LogP contribution in [0.4, 0.5) is 10.5 Å². The Labute approximate surface area is 163 Å². The highest BCUT2D eigenvalue weighted by atomic mass is 32.2. The van der Waals surface area contributed by atoms with Crippen molar-refractivity contribution in [2.75, 3.05) is 45.3 Å². The minimum absolute atomic E-state index is 0.407. The van der Waals surface area contributed by atoms with E-state index in [9.17, 15) is 13.2 Å². The fourth-order valence-electron chi connectivity index (χ4n) is 3.15. The van der Waals surface area contributed by atoms with Crippen LogP contribution in [0.15, 0.2) is 28.8 Å². The van der Waals surface area contributed by atoms with E-state index in [1.807, 2.05) is 18.2 Å². The lowest BCUT2D eigenvalue weighted by molar-refractivity contribution is -0.0900. The van der Waals surface area contributed by atoms with Crippen LogP contribution in [0, 0.1) is 0 Å². The number of nitrogens with zero attached hydrogens (tertiary/aromatic N) is 4. The van der Waals surface area contributed by atoms with Gasteiger partial charge in [0.15, 0.2) is 11.5 Å². The predicted molar refractivity (Wildman–Crippen MR) is 101 cm³/mol. The molecule has 10 nitrogen and oxygen atoms in total. The molecule has 1 aliphatic heterocycles. The lowest BCUT2D eigenvalue weighted by atomic mass is 10.1. The molecule has 0 aliphatic carbocycles. The van der Waals surface area contributed by atoms with Crippen molar-refractivity contribution in [3.05, 3.63) is 24.4 Å². The number of anilines is 1. The van der Waals surface area contributed by atoms with Crippen molar-refractivity contribution in [3.8, 4) is 11.5 Å². The number of pyridine rings is 1. The highest BCUT2D eigenvalue weighted by molar-refractivity contribution is 7.62. The Balaban J connectivity index is 1.83. The molecule has 0 saturated carbocycles. The zero-order chi connectivity index (χ0) is 20.1. The molecular weight excluding hydrogens is 388 g/mol. The van der Waals surface area contributed by atoms with Crippen LogP contribution in [0.5, 0.6) is 11.5 Å². The molecule has 1 saturated heterocycles. The van der Waals surface area contributed by atoms with Crippen LogP contribution in [-0.2, 0) is 15.3 Å². The summed E-state index contributed by atoms with van der Waals surface area (Å²) in [5, 5.41) is 2.34. The number of carbonyl (C=O) groups is 1. The molecule has 1 aromatic carbocycles. The lowest BCUT2D eigenvalue weighted by Crippen LogP contribution is -2.32. The van der Waals surface area contributed by atoms with Crippen LogP contribution >= 0.6 is 0 Å². The van der Waals surface area contributed by atoms with E-state index in [0.29, 0.717) is 37.6 Å². The normalized spacial score (nSPS) is 15.0. The highest BCUT2D eigenvalue weighted by Gasteiger charge is 2.20. The molecule has 0 spiro atoms. The van der Waals surface area contributed by atoms with Crippen LogP contribution in [0.2, 0.25) is 0 Å². The minimum Gasteiger partial charge on any atom is -0.493 e. The summed E-state index contributed by atoms with van der Waals surface area (Å²) < 4.78 is 34.5. The van der Waals surface area contributed by atoms with Gasteiger partial charge in [-0.15, -0.1) is 5.06 Å². The van der Waals surface area contributed by atoms with E-state index < -0.39 is 16.6 Å². The zero-order valence-corrected chi connectivity index (χ0v) is 16.3. The van der Waals surface area contributed by atoms with E-state index in [1.54, 1.807) is 20.4 Å². The third-order valence-electron chi connectivity index (χ3n) is 4.38. The number of amides is 1. The molecule has 0 N–H and O–H groups in total. The molecule has 0 radical (unpaired) electrons. The second-order valence-electron chi connectivity index (χ2n) is 5.99. The van der Waals surface area contributed by atoms with Gasteiger partial charge in [-0.05, 0) is 18.6 Å². The summed E-state index contributed by atoms with van der Waals surface area (Å²) in [7, 11) is 0.329. The van der Waals surface area contributed by atoms with E-state index in [2.05, 4.69) is 14.2 Å². The Kier molecular flexibility index (Phi) is 6.26. The van der Waals surface area contributed by atoms with Gasteiger partial charge in [-0.1, -0.05) is 4.36 Å². The van der Waals surface area contributed by atoms with Crippen molar-refractivity contribution in [1.29, 1.82) is 0 Å². The summed E-state index contributed by atoms with van der Waals surface area (Å²) in [5.74, 6) is 1.22. The maximum atomic E-state index is 11.4. The number of hydrogen-bond donors (Lipinski definition) is 0. The quantitative estimate of drug-likeness (QED) is 0.748. The van der Waals surface area contributed by atoms with Crippen molar-refractivity contribution >= 4 is 33.2 Å². The summed E-state index contributed by atoms with van der Waals surface area (Å²) in [6.45, 7) is 2.18. The SMILES string of the molecule is COc1cc2nccc(N3CCCN(OC(=O)N=S(=O)=O)CC3)c2cc1OC. The molecule has 11 heteroatoms. The van der Waals surface area contributed by atoms with Crippen molar-refractivity contribution in [1.82, 2.24) is 10.0 Å². The number of hydrogen-bond acceptors (Lipinski definition) is 9. The van der Waals surface area contributed by atoms with Gasteiger partial charge < -0.3 is 19.2 Å². The largest absolute Gasteiger partial charge is 0.493 e. The number of methoxy groups -OCH3 is 2. The molecule has 150 valence electrons. The fraction of sp³-hybridized carbons (Fsp3) is 0.412. The van der Waals surface area contributed by atoms with Gasteiger partial charge in [-0.25, -0.2) is 4.79 Å². The Morgan fingerprint density at radius 3 is 2.57 bits per heavy atom. The number of rotatable bonds is 4. The number of fused-ring (bicyclic) bond motifs is 1. The number of aromatic nitrogens is 1. The third-order valence-corrected chi connectivity index (χ3v) is 4.67. The number of ether oxygens (including phenoxy) is 2.